The van der Waals surface area contributed by atoms with E-state index in [-0.39, 0.29) is 34.5 Å². The highest BCUT2D eigenvalue weighted by atomic mass is 28.4. The van der Waals surface area contributed by atoms with E-state index < -0.39 is 16.6 Å². The molecule has 0 spiro atoms. The van der Waals surface area contributed by atoms with Crippen molar-refractivity contribution in [2.75, 3.05) is 12.3 Å². The van der Waals surface area contributed by atoms with E-state index in [9.17, 15) is 0 Å². The third kappa shape index (κ3) is 6.59. The Labute approximate surface area is 241 Å². The summed E-state index contributed by atoms with van der Waals surface area (Å²) >= 11 is 0. The van der Waals surface area contributed by atoms with Crippen LogP contribution in [-0.2, 0) is 20.2 Å². The number of nitrogen functional groups attached to an aromatic ring is 1. The second-order valence-electron chi connectivity index (χ2n) is 13.8. The molecule has 1 aliphatic heterocycles. The molecule has 0 amide bonds. The summed E-state index contributed by atoms with van der Waals surface area (Å²) in [6.07, 6.45) is 1.75. The summed E-state index contributed by atoms with van der Waals surface area (Å²) in [7, 11) is -4.05. The van der Waals surface area contributed by atoms with E-state index >= 15 is 0 Å². The Balaban J connectivity index is 1.61. The van der Waals surface area contributed by atoms with E-state index in [1.165, 1.54) is 0 Å². The number of ether oxygens (including phenoxy) is 2. The standard InChI is InChI=1S/C29H47N5O4Si2/c1-28(2,3)39(7,8)36-18-22-21(38-40(9,10)29(4,5)6)16-23(37-22)34-19-31-24-25(34)32-27(30)33-26(24)35-17-20-14-12-11-13-15-20/h11-15,19,21-23H,16-18H2,1-10H3,(H2,30,32,33). The first-order valence-electron chi connectivity index (χ1n) is 14.1. The highest BCUT2D eigenvalue weighted by Gasteiger charge is 2.47. The van der Waals surface area contributed by atoms with Crippen molar-refractivity contribution >= 4 is 33.7 Å². The summed E-state index contributed by atoms with van der Waals surface area (Å²) in [5, 5.41) is 0.177. The van der Waals surface area contributed by atoms with Crippen LogP contribution in [0.15, 0.2) is 36.7 Å². The number of rotatable bonds is 9. The van der Waals surface area contributed by atoms with Crippen LogP contribution < -0.4 is 10.5 Å². The molecule has 1 fully saturated rings. The highest BCUT2D eigenvalue weighted by Crippen LogP contribution is 2.43. The molecule has 2 N–H and O–H groups in total. The third-order valence-electron chi connectivity index (χ3n) is 8.78. The van der Waals surface area contributed by atoms with Crippen LogP contribution in [0.5, 0.6) is 5.88 Å². The molecule has 4 rings (SSSR count). The molecule has 0 aliphatic carbocycles. The predicted molar refractivity (Wildman–Crippen MR) is 164 cm³/mol. The molecule has 2 aromatic heterocycles. The minimum absolute atomic E-state index is 0.0737. The summed E-state index contributed by atoms with van der Waals surface area (Å²) < 4.78 is 28.2. The van der Waals surface area contributed by atoms with Crippen molar-refractivity contribution in [3.05, 3.63) is 42.2 Å². The minimum atomic E-state index is -2.07. The van der Waals surface area contributed by atoms with Crippen LogP contribution in [-0.4, -0.2) is 55.0 Å². The second kappa shape index (κ2) is 11.2. The lowest BCUT2D eigenvalue weighted by atomic mass is 10.2. The molecule has 0 radical (unpaired) electrons. The van der Waals surface area contributed by atoms with Crippen LogP contribution in [0.3, 0.4) is 0 Å². The van der Waals surface area contributed by atoms with Crippen molar-refractivity contribution in [1.82, 2.24) is 19.5 Å². The second-order valence-corrected chi connectivity index (χ2v) is 23.4. The van der Waals surface area contributed by atoms with Crippen molar-refractivity contribution in [2.24, 2.45) is 0 Å². The Hall–Kier alpha value is -2.32. The van der Waals surface area contributed by atoms with Gasteiger partial charge in [-0.3, -0.25) is 4.57 Å². The molecule has 0 saturated carbocycles. The molecule has 1 saturated heterocycles. The summed E-state index contributed by atoms with van der Waals surface area (Å²) in [4.78, 5) is 13.5. The maximum absolute atomic E-state index is 6.94. The normalized spacial score (nSPS) is 20.8. The fraction of sp³-hybridized carbons (Fsp3) is 0.621. The quantitative estimate of drug-likeness (QED) is 0.277. The Morgan fingerprint density at radius 1 is 0.975 bits per heavy atom. The molecule has 3 heterocycles. The molecule has 0 bridgehead atoms. The molecule has 3 atom stereocenters. The first-order valence-corrected chi connectivity index (χ1v) is 19.9. The van der Waals surface area contributed by atoms with Gasteiger partial charge in [-0.1, -0.05) is 71.9 Å². The Morgan fingerprint density at radius 2 is 1.62 bits per heavy atom. The molecule has 3 aromatic rings. The summed E-state index contributed by atoms with van der Waals surface area (Å²) in [6.45, 7) is 23.5. The zero-order valence-corrected chi connectivity index (χ0v) is 27.8. The smallest absolute Gasteiger partial charge is 0.247 e. The fourth-order valence-electron chi connectivity index (χ4n) is 4.15. The van der Waals surface area contributed by atoms with E-state index in [1.807, 2.05) is 34.9 Å². The van der Waals surface area contributed by atoms with Gasteiger partial charge >= 0.3 is 0 Å². The number of hydrogen-bond donors (Lipinski definition) is 1. The first kappa shape index (κ1) is 30.6. The molecule has 3 unspecified atom stereocenters. The van der Waals surface area contributed by atoms with Gasteiger partial charge in [-0.25, -0.2) is 4.98 Å². The SMILES string of the molecule is CC(C)(C)[Si](C)(C)OCC1OC(n2cnc3c(OCc4ccccc4)nc(N)nc32)CC1O[Si](C)(C)C(C)(C)C. The molecule has 1 aliphatic rings. The van der Waals surface area contributed by atoms with Crippen LogP contribution in [0.2, 0.25) is 36.3 Å². The van der Waals surface area contributed by atoms with Crippen molar-refractivity contribution in [1.29, 1.82) is 0 Å². The van der Waals surface area contributed by atoms with Crippen LogP contribution in [0.25, 0.3) is 11.2 Å². The number of nitrogens with zero attached hydrogens (tertiary/aromatic N) is 4. The van der Waals surface area contributed by atoms with Gasteiger partial charge in [-0.15, -0.1) is 0 Å². The van der Waals surface area contributed by atoms with Gasteiger partial charge in [0.1, 0.15) is 18.9 Å². The molecular weight excluding hydrogens is 539 g/mol. The lowest BCUT2D eigenvalue weighted by Crippen LogP contribution is -2.48. The number of anilines is 1. The number of imidazole rings is 1. The van der Waals surface area contributed by atoms with Crippen LogP contribution in [0.1, 0.15) is 59.8 Å². The number of fused-ring (bicyclic) bond motifs is 1. The van der Waals surface area contributed by atoms with Crippen LogP contribution >= 0.6 is 0 Å². The van der Waals surface area contributed by atoms with Gasteiger partial charge in [-0.2, -0.15) is 9.97 Å². The van der Waals surface area contributed by atoms with Crippen molar-refractivity contribution in [2.45, 2.75) is 109 Å². The van der Waals surface area contributed by atoms with E-state index in [0.717, 1.165) is 5.56 Å². The summed E-state index contributed by atoms with van der Waals surface area (Å²) in [5.74, 6) is 0.483. The van der Waals surface area contributed by atoms with Crippen molar-refractivity contribution in [3.63, 3.8) is 0 Å². The van der Waals surface area contributed by atoms with Gasteiger partial charge in [-0.05, 0) is 41.8 Å². The average molecular weight is 586 g/mol. The maximum Gasteiger partial charge on any atom is 0.247 e. The Bertz CT molecular complexity index is 1300. The Morgan fingerprint density at radius 3 is 2.25 bits per heavy atom. The zero-order valence-electron chi connectivity index (χ0n) is 25.8. The first-order chi connectivity index (χ1) is 18.5. The topological polar surface area (TPSA) is 107 Å². The fourth-order valence-corrected chi connectivity index (χ4v) is 6.52. The average Bonchev–Trinajstić information content (AvgIpc) is 3.44. The minimum Gasteiger partial charge on any atom is -0.471 e. The van der Waals surface area contributed by atoms with Crippen LogP contribution in [0, 0.1) is 0 Å². The highest BCUT2D eigenvalue weighted by molar-refractivity contribution is 6.74. The summed E-state index contributed by atoms with van der Waals surface area (Å²) in [5.41, 5.74) is 8.29. The van der Waals surface area contributed by atoms with Gasteiger partial charge in [0.05, 0.1) is 19.0 Å². The van der Waals surface area contributed by atoms with Crippen LogP contribution in [0.4, 0.5) is 5.95 Å². The molecule has 220 valence electrons. The molecular formula is C29H47N5O4Si2. The molecule has 1 aromatic carbocycles. The van der Waals surface area contributed by atoms with Gasteiger partial charge < -0.3 is 24.1 Å². The van der Waals surface area contributed by atoms with Gasteiger partial charge in [0.2, 0.25) is 11.8 Å². The van der Waals surface area contributed by atoms with Crippen molar-refractivity contribution in [3.8, 4) is 5.88 Å². The predicted octanol–water partition coefficient (Wildman–Crippen LogP) is 6.69. The number of nitrogens with two attached hydrogens (primary N) is 1. The van der Waals surface area contributed by atoms with E-state index in [0.29, 0.717) is 36.7 Å². The number of hydrogen-bond acceptors (Lipinski definition) is 8. The van der Waals surface area contributed by atoms with E-state index in [1.54, 1.807) is 6.33 Å². The van der Waals surface area contributed by atoms with Gasteiger partial charge in [0.15, 0.2) is 27.8 Å². The van der Waals surface area contributed by atoms with Gasteiger partial charge in [0, 0.05) is 6.42 Å². The van der Waals surface area contributed by atoms with E-state index in [4.69, 9.17) is 24.1 Å². The van der Waals surface area contributed by atoms with Gasteiger partial charge in [0.25, 0.3) is 0 Å². The largest absolute Gasteiger partial charge is 0.471 e. The molecule has 9 nitrogen and oxygen atoms in total. The Kier molecular flexibility index (Phi) is 8.55. The molecule has 11 heteroatoms. The maximum atomic E-state index is 6.94. The van der Waals surface area contributed by atoms with E-state index in [2.05, 4.69) is 82.7 Å². The lowest BCUT2D eigenvalue weighted by molar-refractivity contribution is -0.0383. The molecule has 40 heavy (non-hydrogen) atoms. The lowest BCUT2D eigenvalue weighted by Gasteiger charge is -2.40. The monoisotopic (exact) mass is 585 g/mol. The number of benzene rings is 1. The number of aromatic nitrogens is 4. The summed E-state index contributed by atoms with van der Waals surface area (Å²) in [6, 6.07) is 9.92. The van der Waals surface area contributed by atoms with Crippen molar-refractivity contribution < 1.29 is 18.3 Å². The third-order valence-corrected chi connectivity index (χ3v) is 17.8. The zero-order chi connectivity index (χ0) is 29.5.